The molecule has 0 spiro atoms. The third-order valence-electron chi connectivity index (χ3n) is 3.00. The SMILES string of the molecule is CCCCS(=O)(=O)NC1(CO)CCCC1. The lowest BCUT2D eigenvalue weighted by Crippen LogP contribution is -2.49. The number of hydrogen-bond donors (Lipinski definition) is 2. The molecule has 1 rings (SSSR count). The Hall–Kier alpha value is -0.130. The van der Waals surface area contributed by atoms with Crippen molar-refractivity contribution in [3.8, 4) is 0 Å². The Balaban J connectivity index is 2.58. The van der Waals surface area contributed by atoms with Crippen LogP contribution in [0.1, 0.15) is 45.4 Å². The van der Waals surface area contributed by atoms with Crippen LogP contribution in [-0.4, -0.2) is 31.4 Å². The highest BCUT2D eigenvalue weighted by Crippen LogP contribution is 2.29. The van der Waals surface area contributed by atoms with E-state index in [4.69, 9.17) is 0 Å². The van der Waals surface area contributed by atoms with Crippen LogP contribution in [0.25, 0.3) is 0 Å². The fourth-order valence-corrected chi connectivity index (χ4v) is 3.76. The van der Waals surface area contributed by atoms with Gasteiger partial charge in [0.15, 0.2) is 0 Å². The molecule has 1 aliphatic rings. The molecule has 0 aliphatic heterocycles. The summed E-state index contributed by atoms with van der Waals surface area (Å²) in [4.78, 5) is 0. The Bertz CT molecular complexity index is 281. The summed E-state index contributed by atoms with van der Waals surface area (Å²) < 4.78 is 26.0. The van der Waals surface area contributed by atoms with Gasteiger partial charge < -0.3 is 5.11 Å². The number of aliphatic hydroxyl groups excluding tert-OH is 1. The second kappa shape index (κ2) is 5.27. The second-order valence-electron chi connectivity index (χ2n) is 4.42. The largest absolute Gasteiger partial charge is 0.394 e. The van der Waals surface area contributed by atoms with E-state index in [0.717, 1.165) is 32.1 Å². The van der Waals surface area contributed by atoms with Crippen LogP contribution in [0.5, 0.6) is 0 Å². The summed E-state index contributed by atoms with van der Waals surface area (Å²) in [6.07, 6.45) is 5.06. The lowest BCUT2D eigenvalue weighted by molar-refractivity contribution is 0.185. The molecule has 1 fully saturated rings. The van der Waals surface area contributed by atoms with Crippen molar-refractivity contribution in [1.29, 1.82) is 0 Å². The number of aliphatic hydroxyl groups is 1. The molecular formula is C10H21NO3S. The van der Waals surface area contributed by atoms with Crippen LogP contribution in [0.2, 0.25) is 0 Å². The Morgan fingerprint density at radius 1 is 1.33 bits per heavy atom. The number of unbranched alkanes of at least 4 members (excludes halogenated alkanes) is 1. The molecule has 2 N–H and O–H groups in total. The molecule has 4 nitrogen and oxygen atoms in total. The van der Waals surface area contributed by atoms with E-state index >= 15 is 0 Å². The molecule has 0 saturated heterocycles. The van der Waals surface area contributed by atoms with Crippen LogP contribution < -0.4 is 4.72 Å². The van der Waals surface area contributed by atoms with E-state index < -0.39 is 15.6 Å². The Morgan fingerprint density at radius 2 is 1.93 bits per heavy atom. The fourth-order valence-electron chi connectivity index (χ4n) is 2.06. The van der Waals surface area contributed by atoms with Crippen LogP contribution >= 0.6 is 0 Å². The molecule has 0 atom stereocenters. The van der Waals surface area contributed by atoms with Gasteiger partial charge in [-0.2, -0.15) is 0 Å². The van der Waals surface area contributed by atoms with Gasteiger partial charge in [-0.15, -0.1) is 0 Å². The highest BCUT2D eigenvalue weighted by Gasteiger charge is 2.36. The van der Waals surface area contributed by atoms with Crippen molar-refractivity contribution in [2.24, 2.45) is 0 Å². The predicted octanol–water partition coefficient (Wildman–Crippen LogP) is 1.01. The van der Waals surface area contributed by atoms with E-state index in [0.29, 0.717) is 6.42 Å². The molecule has 0 aromatic carbocycles. The molecule has 90 valence electrons. The molecule has 0 amide bonds. The van der Waals surface area contributed by atoms with Crippen LogP contribution in [0.15, 0.2) is 0 Å². The molecule has 0 aromatic heterocycles. The van der Waals surface area contributed by atoms with Crippen molar-refractivity contribution in [1.82, 2.24) is 4.72 Å². The minimum Gasteiger partial charge on any atom is -0.394 e. The Kier molecular flexibility index (Phi) is 4.55. The third-order valence-corrected chi connectivity index (χ3v) is 4.57. The zero-order valence-corrected chi connectivity index (χ0v) is 10.1. The van der Waals surface area contributed by atoms with Gasteiger partial charge in [0.1, 0.15) is 0 Å². The normalized spacial score (nSPS) is 20.7. The van der Waals surface area contributed by atoms with Gasteiger partial charge in [0, 0.05) is 0 Å². The smallest absolute Gasteiger partial charge is 0.212 e. The average Bonchev–Trinajstić information content (AvgIpc) is 2.63. The highest BCUT2D eigenvalue weighted by atomic mass is 32.2. The van der Waals surface area contributed by atoms with E-state index in [-0.39, 0.29) is 12.4 Å². The molecule has 0 aromatic rings. The minimum atomic E-state index is -3.21. The van der Waals surface area contributed by atoms with Gasteiger partial charge in [0.05, 0.1) is 17.9 Å². The molecule has 0 radical (unpaired) electrons. The van der Waals surface area contributed by atoms with Gasteiger partial charge in [-0.3, -0.25) is 0 Å². The number of nitrogens with one attached hydrogen (secondary N) is 1. The van der Waals surface area contributed by atoms with Crippen molar-refractivity contribution in [3.63, 3.8) is 0 Å². The number of sulfonamides is 1. The van der Waals surface area contributed by atoms with Gasteiger partial charge in [0.2, 0.25) is 10.0 Å². The highest BCUT2D eigenvalue weighted by molar-refractivity contribution is 7.89. The number of hydrogen-bond acceptors (Lipinski definition) is 3. The van der Waals surface area contributed by atoms with Crippen LogP contribution in [0, 0.1) is 0 Å². The van der Waals surface area contributed by atoms with E-state index in [9.17, 15) is 13.5 Å². The van der Waals surface area contributed by atoms with Gasteiger partial charge in [-0.05, 0) is 19.3 Å². The first-order valence-electron chi connectivity index (χ1n) is 5.66. The first kappa shape index (κ1) is 12.9. The number of rotatable bonds is 6. The predicted molar refractivity (Wildman–Crippen MR) is 60.1 cm³/mol. The van der Waals surface area contributed by atoms with Crippen LogP contribution in [-0.2, 0) is 10.0 Å². The molecule has 5 heteroatoms. The molecular weight excluding hydrogens is 214 g/mol. The molecule has 15 heavy (non-hydrogen) atoms. The fraction of sp³-hybridized carbons (Fsp3) is 1.00. The van der Waals surface area contributed by atoms with Crippen molar-refractivity contribution in [2.75, 3.05) is 12.4 Å². The summed E-state index contributed by atoms with van der Waals surface area (Å²) in [5.41, 5.74) is -0.563. The maximum Gasteiger partial charge on any atom is 0.212 e. The van der Waals surface area contributed by atoms with Gasteiger partial charge in [-0.1, -0.05) is 26.2 Å². The summed E-state index contributed by atoms with van der Waals surface area (Å²) in [6.45, 7) is 1.88. The zero-order chi connectivity index (χ0) is 11.4. The van der Waals surface area contributed by atoms with E-state index in [2.05, 4.69) is 4.72 Å². The summed E-state index contributed by atoms with van der Waals surface area (Å²) in [7, 11) is -3.21. The van der Waals surface area contributed by atoms with E-state index in [1.54, 1.807) is 0 Å². The monoisotopic (exact) mass is 235 g/mol. The Labute approximate surface area is 92.1 Å². The molecule has 1 aliphatic carbocycles. The topological polar surface area (TPSA) is 66.4 Å². The lowest BCUT2D eigenvalue weighted by Gasteiger charge is -2.27. The van der Waals surface area contributed by atoms with E-state index in [1.807, 2.05) is 6.92 Å². The van der Waals surface area contributed by atoms with Crippen molar-refractivity contribution in [3.05, 3.63) is 0 Å². The first-order valence-corrected chi connectivity index (χ1v) is 7.31. The quantitative estimate of drug-likeness (QED) is 0.722. The summed E-state index contributed by atoms with van der Waals surface area (Å²) in [6, 6.07) is 0. The van der Waals surface area contributed by atoms with E-state index in [1.165, 1.54) is 0 Å². The zero-order valence-electron chi connectivity index (χ0n) is 9.33. The van der Waals surface area contributed by atoms with Gasteiger partial charge in [-0.25, -0.2) is 13.1 Å². The van der Waals surface area contributed by atoms with Gasteiger partial charge >= 0.3 is 0 Å². The van der Waals surface area contributed by atoms with Crippen molar-refractivity contribution < 1.29 is 13.5 Å². The average molecular weight is 235 g/mol. The minimum absolute atomic E-state index is 0.0850. The van der Waals surface area contributed by atoms with Crippen molar-refractivity contribution >= 4 is 10.0 Å². The lowest BCUT2D eigenvalue weighted by atomic mass is 10.0. The molecule has 0 unspecified atom stereocenters. The second-order valence-corrected chi connectivity index (χ2v) is 6.26. The molecule has 1 saturated carbocycles. The molecule has 0 bridgehead atoms. The first-order chi connectivity index (χ1) is 7.04. The van der Waals surface area contributed by atoms with Gasteiger partial charge in [0.25, 0.3) is 0 Å². The van der Waals surface area contributed by atoms with Crippen LogP contribution in [0.3, 0.4) is 0 Å². The summed E-state index contributed by atoms with van der Waals surface area (Å²) in [5.74, 6) is 0.172. The maximum atomic E-state index is 11.7. The van der Waals surface area contributed by atoms with Crippen LogP contribution in [0.4, 0.5) is 0 Å². The standard InChI is InChI=1S/C10H21NO3S/c1-2-3-8-15(13,14)11-10(9-12)6-4-5-7-10/h11-12H,2-9H2,1H3. The summed E-state index contributed by atoms with van der Waals surface area (Å²) in [5, 5.41) is 9.28. The molecule has 0 heterocycles. The summed E-state index contributed by atoms with van der Waals surface area (Å²) >= 11 is 0. The Morgan fingerprint density at radius 3 is 2.40 bits per heavy atom. The third kappa shape index (κ3) is 3.74. The van der Waals surface area contributed by atoms with Crippen molar-refractivity contribution in [2.45, 2.75) is 51.0 Å². The maximum absolute atomic E-state index is 11.7.